The molecule has 4 nitrogen and oxygen atoms in total. The predicted octanol–water partition coefficient (Wildman–Crippen LogP) is 1.47. The Balaban J connectivity index is 1.87. The van der Waals surface area contributed by atoms with Crippen LogP contribution in [0.2, 0.25) is 5.02 Å². The lowest BCUT2D eigenvalue weighted by Crippen LogP contribution is -2.32. The van der Waals surface area contributed by atoms with Gasteiger partial charge in [-0.25, -0.2) is 13.1 Å². The van der Waals surface area contributed by atoms with Crippen molar-refractivity contribution in [1.82, 2.24) is 10.0 Å². The van der Waals surface area contributed by atoms with Gasteiger partial charge in [-0.2, -0.15) is 0 Å². The van der Waals surface area contributed by atoms with Gasteiger partial charge >= 0.3 is 0 Å². The minimum Gasteiger partial charge on any atom is -0.309 e. The summed E-state index contributed by atoms with van der Waals surface area (Å²) in [6, 6.07) is 6.26. The normalized spacial score (nSPS) is 18.9. The van der Waals surface area contributed by atoms with E-state index in [1.54, 1.807) is 0 Å². The second-order valence-electron chi connectivity index (χ2n) is 4.56. The topological polar surface area (TPSA) is 58.2 Å². The summed E-state index contributed by atoms with van der Waals surface area (Å²) in [5.41, 5.74) is 2.56. The van der Waals surface area contributed by atoms with E-state index in [-0.39, 0.29) is 0 Å². The summed E-state index contributed by atoms with van der Waals surface area (Å²) in [7, 11) is -3.09. The quantitative estimate of drug-likeness (QED) is 0.807. The third kappa shape index (κ3) is 3.68. The van der Waals surface area contributed by atoms with Crippen molar-refractivity contribution in [3.05, 3.63) is 34.3 Å². The number of fused-ring (bicyclic) bond motifs is 1. The molecule has 0 spiro atoms. The fourth-order valence-corrected chi connectivity index (χ4v) is 2.95. The fourth-order valence-electron chi connectivity index (χ4n) is 2.28. The first kappa shape index (κ1) is 13.8. The van der Waals surface area contributed by atoms with Gasteiger partial charge in [0.2, 0.25) is 10.0 Å². The van der Waals surface area contributed by atoms with Crippen molar-refractivity contribution in [1.29, 1.82) is 0 Å². The zero-order valence-electron chi connectivity index (χ0n) is 10.2. The zero-order valence-corrected chi connectivity index (χ0v) is 11.8. The molecule has 100 valence electrons. The summed E-state index contributed by atoms with van der Waals surface area (Å²) in [5, 5.41) is 4.13. The first-order valence-electron chi connectivity index (χ1n) is 5.92. The minimum atomic E-state index is -3.09. The molecule has 0 radical (unpaired) electrons. The number of nitrogens with one attached hydrogen (secondary N) is 2. The molecule has 0 amide bonds. The van der Waals surface area contributed by atoms with Crippen molar-refractivity contribution in [3.63, 3.8) is 0 Å². The van der Waals surface area contributed by atoms with Crippen LogP contribution in [0.15, 0.2) is 18.2 Å². The van der Waals surface area contributed by atoms with Gasteiger partial charge in [-0.15, -0.1) is 0 Å². The van der Waals surface area contributed by atoms with Crippen molar-refractivity contribution in [2.75, 3.05) is 19.3 Å². The number of benzene rings is 1. The molecule has 0 saturated heterocycles. The first-order chi connectivity index (χ1) is 8.46. The van der Waals surface area contributed by atoms with Crippen LogP contribution in [0.1, 0.15) is 23.6 Å². The van der Waals surface area contributed by atoms with E-state index >= 15 is 0 Å². The first-order valence-corrected chi connectivity index (χ1v) is 8.19. The summed E-state index contributed by atoms with van der Waals surface area (Å²) in [5.74, 6) is 0. The van der Waals surface area contributed by atoms with E-state index in [2.05, 4.69) is 10.0 Å². The number of sulfonamides is 1. The summed E-state index contributed by atoms with van der Waals surface area (Å²) in [4.78, 5) is 0. The van der Waals surface area contributed by atoms with Gasteiger partial charge in [0, 0.05) is 24.2 Å². The summed E-state index contributed by atoms with van der Waals surface area (Å²) in [6.07, 6.45) is 3.22. The lowest BCUT2D eigenvalue weighted by Gasteiger charge is -2.14. The number of aryl methyl sites for hydroxylation is 1. The maximum atomic E-state index is 10.9. The zero-order chi connectivity index (χ0) is 13.2. The van der Waals surface area contributed by atoms with Crippen molar-refractivity contribution >= 4 is 21.6 Å². The van der Waals surface area contributed by atoms with Gasteiger partial charge < -0.3 is 5.32 Å². The molecule has 1 unspecified atom stereocenters. The van der Waals surface area contributed by atoms with Crippen LogP contribution in [0.4, 0.5) is 0 Å². The molecule has 1 atom stereocenters. The Morgan fingerprint density at radius 2 is 2.17 bits per heavy atom. The van der Waals surface area contributed by atoms with E-state index in [1.807, 2.05) is 18.2 Å². The molecule has 6 heteroatoms. The molecule has 0 fully saturated rings. The molecule has 0 bridgehead atoms. The SMILES string of the molecule is CS(=O)(=O)NCCNC1CCc2cc(Cl)ccc21. The molecule has 1 aliphatic rings. The van der Waals surface area contributed by atoms with Crippen LogP contribution >= 0.6 is 11.6 Å². The Morgan fingerprint density at radius 3 is 2.89 bits per heavy atom. The maximum absolute atomic E-state index is 10.9. The number of halogens is 1. The van der Waals surface area contributed by atoms with Gasteiger partial charge in [-0.05, 0) is 36.1 Å². The Labute approximate surface area is 113 Å². The van der Waals surface area contributed by atoms with Gasteiger partial charge in [-0.1, -0.05) is 17.7 Å². The highest BCUT2D eigenvalue weighted by atomic mass is 35.5. The van der Waals surface area contributed by atoms with Crippen LogP contribution in [0, 0.1) is 0 Å². The highest BCUT2D eigenvalue weighted by molar-refractivity contribution is 7.88. The van der Waals surface area contributed by atoms with Crippen LogP contribution in [-0.2, 0) is 16.4 Å². The summed E-state index contributed by atoms with van der Waals surface area (Å²) in [6.45, 7) is 1.04. The van der Waals surface area contributed by atoms with Crippen molar-refractivity contribution in [2.45, 2.75) is 18.9 Å². The second-order valence-corrected chi connectivity index (χ2v) is 6.82. The molecule has 1 aromatic carbocycles. The largest absolute Gasteiger partial charge is 0.309 e. The standard InChI is InChI=1S/C12H17ClN2O2S/c1-18(16,17)15-7-6-14-12-5-2-9-8-10(13)3-4-11(9)12/h3-4,8,12,14-15H,2,5-7H2,1H3. The van der Waals surface area contributed by atoms with Gasteiger partial charge in [0.25, 0.3) is 0 Å². The lowest BCUT2D eigenvalue weighted by atomic mass is 10.1. The number of hydrogen-bond donors (Lipinski definition) is 2. The second kappa shape index (κ2) is 5.57. The van der Waals surface area contributed by atoms with E-state index in [4.69, 9.17) is 11.6 Å². The molecule has 18 heavy (non-hydrogen) atoms. The molecular weight excluding hydrogens is 272 g/mol. The van der Waals surface area contributed by atoms with E-state index in [1.165, 1.54) is 17.4 Å². The smallest absolute Gasteiger partial charge is 0.208 e. The molecule has 2 N–H and O–H groups in total. The van der Waals surface area contributed by atoms with Crippen molar-refractivity contribution in [2.24, 2.45) is 0 Å². The van der Waals surface area contributed by atoms with E-state index in [0.29, 0.717) is 19.1 Å². The predicted molar refractivity (Wildman–Crippen MR) is 73.4 cm³/mol. The highest BCUT2D eigenvalue weighted by Crippen LogP contribution is 2.32. The van der Waals surface area contributed by atoms with Gasteiger partial charge in [0.1, 0.15) is 0 Å². The van der Waals surface area contributed by atoms with Gasteiger partial charge in [0.05, 0.1) is 6.26 Å². The number of rotatable bonds is 5. The van der Waals surface area contributed by atoms with Crippen LogP contribution in [0.5, 0.6) is 0 Å². The Hall–Kier alpha value is -0.620. The van der Waals surface area contributed by atoms with E-state index in [0.717, 1.165) is 17.9 Å². The van der Waals surface area contributed by atoms with Crippen LogP contribution < -0.4 is 10.0 Å². The van der Waals surface area contributed by atoms with E-state index < -0.39 is 10.0 Å². The molecule has 0 heterocycles. The number of hydrogen-bond acceptors (Lipinski definition) is 3. The van der Waals surface area contributed by atoms with E-state index in [9.17, 15) is 8.42 Å². The van der Waals surface area contributed by atoms with Gasteiger partial charge in [0.15, 0.2) is 0 Å². The minimum absolute atomic E-state index is 0.304. The summed E-state index contributed by atoms with van der Waals surface area (Å²) >= 11 is 5.95. The Kier molecular flexibility index (Phi) is 4.27. The van der Waals surface area contributed by atoms with Crippen molar-refractivity contribution in [3.8, 4) is 0 Å². The Bertz CT molecular complexity index is 531. The molecule has 2 rings (SSSR count). The molecule has 0 aromatic heterocycles. The lowest BCUT2D eigenvalue weighted by molar-refractivity contribution is 0.526. The average molecular weight is 289 g/mol. The van der Waals surface area contributed by atoms with Crippen LogP contribution in [-0.4, -0.2) is 27.8 Å². The molecule has 0 aliphatic heterocycles. The monoisotopic (exact) mass is 288 g/mol. The molecular formula is C12H17ClN2O2S. The molecule has 0 saturated carbocycles. The van der Waals surface area contributed by atoms with Crippen LogP contribution in [0.25, 0.3) is 0 Å². The average Bonchev–Trinajstić information content (AvgIpc) is 2.65. The Morgan fingerprint density at radius 1 is 1.39 bits per heavy atom. The molecule has 1 aromatic rings. The molecule has 1 aliphatic carbocycles. The third-order valence-electron chi connectivity index (χ3n) is 3.06. The highest BCUT2D eigenvalue weighted by Gasteiger charge is 2.21. The maximum Gasteiger partial charge on any atom is 0.208 e. The van der Waals surface area contributed by atoms with Crippen molar-refractivity contribution < 1.29 is 8.42 Å². The van der Waals surface area contributed by atoms with Crippen LogP contribution in [0.3, 0.4) is 0 Å². The summed E-state index contributed by atoms with van der Waals surface area (Å²) < 4.78 is 24.3. The fraction of sp³-hybridized carbons (Fsp3) is 0.500. The third-order valence-corrected chi connectivity index (χ3v) is 4.03. The van der Waals surface area contributed by atoms with Gasteiger partial charge in [-0.3, -0.25) is 0 Å².